The molecule has 2 aromatic heterocycles. The van der Waals surface area contributed by atoms with E-state index in [4.69, 9.17) is 8.83 Å². The van der Waals surface area contributed by atoms with Crippen molar-refractivity contribution < 1.29 is 33.1 Å². The van der Waals surface area contributed by atoms with E-state index in [1.54, 1.807) is 36.4 Å². The summed E-state index contributed by atoms with van der Waals surface area (Å²) < 4.78 is 10.8. The quantitative estimate of drug-likeness (QED) is 0.503. The Morgan fingerprint density at radius 1 is 1.07 bits per heavy atom. The van der Waals surface area contributed by atoms with E-state index < -0.39 is 23.8 Å². The van der Waals surface area contributed by atoms with Gasteiger partial charge in [0.15, 0.2) is 0 Å². The Labute approximate surface area is 169 Å². The van der Waals surface area contributed by atoms with Gasteiger partial charge in [-0.1, -0.05) is 24.3 Å². The van der Waals surface area contributed by atoms with Gasteiger partial charge in [0.1, 0.15) is 22.9 Å². The molecule has 1 aromatic carbocycles. The Morgan fingerprint density at radius 2 is 1.83 bits per heavy atom. The molecule has 1 fully saturated rings. The summed E-state index contributed by atoms with van der Waals surface area (Å²) >= 11 is 0. The summed E-state index contributed by atoms with van der Waals surface area (Å²) in [5.74, 6) is -1.92. The lowest BCUT2D eigenvalue weighted by Gasteiger charge is -2.25. The number of aromatic carboxylic acids is 1. The smallest absolute Gasteiger partial charge is 0.331 e. The molecule has 1 saturated heterocycles. The standard InChI is InChI=1S/C21H14N2O7/c24-18-16(19(25)23(21(28)22-18)11-15-2-1-9-29-15)10-14-7-8-17(30-14)12-3-5-13(6-4-12)20(26)27/h1-10H,11H2,(H,26,27)(H,22,24,28)/p-1/b16-10-. The number of carbonyl (C=O) groups excluding carboxylic acids is 4. The van der Waals surface area contributed by atoms with Gasteiger partial charge in [-0.05, 0) is 35.9 Å². The van der Waals surface area contributed by atoms with Gasteiger partial charge >= 0.3 is 6.03 Å². The molecular formula is C21H13N2O7-. The Kier molecular flexibility index (Phi) is 4.77. The first-order valence-electron chi connectivity index (χ1n) is 8.75. The van der Waals surface area contributed by atoms with E-state index in [0.717, 1.165) is 4.90 Å². The van der Waals surface area contributed by atoms with Crippen molar-refractivity contribution in [2.45, 2.75) is 6.54 Å². The van der Waals surface area contributed by atoms with Gasteiger partial charge in [-0.3, -0.25) is 19.8 Å². The molecule has 1 aliphatic rings. The van der Waals surface area contributed by atoms with E-state index in [9.17, 15) is 24.3 Å². The highest BCUT2D eigenvalue weighted by Gasteiger charge is 2.36. The third kappa shape index (κ3) is 3.63. The van der Waals surface area contributed by atoms with Gasteiger partial charge < -0.3 is 18.7 Å². The Hall–Kier alpha value is -4.40. The summed E-state index contributed by atoms with van der Waals surface area (Å²) in [4.78, 5) is 48.6. The van der Waals surface area contributed by atoms with Crippen LogP contribution in [0.2, 0.25) is 0 Å². The van der Waals surface area contributed by atoms with Crippen molar-refractivity contribution in [2.24, 2.45) is 0 Å². The minimum atomic E-state index is -1.29. The summed E-state index contributed by atoms with van der Waals surface area (Å²) in [6, 6.07) is 11.4. The van der Waals surface area contributed by atoms with Crippen LogP contribution in [-0.4, -0.2) is 28.7 Å². The number of amides is 4. The first-order chi connectivity index (χ1) is 14.4. The number of nitrogens with zero attached hydrogens (tertiary/aromatic N) is 1. The summed E-state index contributed by atoms with van der Waals surface area (Å²) in [6.45, 7) is -0.128. The van der Waals surface area contributed by atoms with Crippen LogP contribution < -0.4 is 10.4 Å². The SMILES string of the molecule is O=C1NC(=O)N(Cc2ccco2)C(=O)/C1=C\c1ccc(-c2ccc(C(=O)[O-])cc2)o1. The zero-order valence-electron chi connectivity index (χ0n) is 15.3. The molecule has 1 N–H and O–H groups in total. The summed E-state index contributed by atoms with van der Waals surface area (Å²) in [7, 11) is 0. The predicted octanol–water partition coefficient (Wildman–Crippen LogP) is 1.57. The van der Waals surface area contributed by atoms with Gasteiger partial charge in [-0.15, -0.1) is 0 Å². The van der Waals surface area contributed by atoms with Crippen molar-refractivity contribution in [3.63, 3.8) is 0 Å². The number of carboxylic acid groups (broad SMARTS) is 1. The van der Waals surface area contributed by atoms with Crippen LogP contribution in [0.5, 0.6) is 0 Å². The minimum Gasteiger partial charge on any atom is -0.545 e. The molecule has 0 bridgehead atoms. The van der Waals surface area contributed by atoms with Crippen molar-refractivity contribution in [2.75, 3.05) is 0 Å². The van der Waals surface area contributed by atoms with E-state index in [1.165, 1.54) is 24.5 Å². The van der Waals surface area contributed by atoms with Crippen molar-refractivity contribution in [1.29, 1.82) is 0 Å². The van der Waals surface area contributed by atoms with Gasteiger partial charge in [0.05, 0.1) is 18.8 Å². The zero-order chi connectivity index (χ0) is 21.3. The van der Waals surface area contributed by atoms with Crippen LogP contribution in [0.25, 0.3) is 17.4 Å². The van der Waals surface area contributed by atoms with Crippen LogP contribution in [0.15, 0.2) is 69.2 Å². The Bertz CT molecular complexity index is 1170. The van der Waals surface area contributed by atoms with Crippen LogP contribution in [-0.2, 0) is 16.1 Å². The average Bonchev–Trinajstić information content (AvgIpc) is 3.40. The molecule has 9 heteroatoms. The van der Waals surface area contributed by atoms with E-state index in [1.807, 2.05) is 0 Å². The van der Waals surface area contributed by atoms with Crippen molar-refractivity contribution in [1.82, 2.24) is 10.2 Å². The number of hydrogen-bond donors (Lipinski definition) is 1. The Balaban J connectivity index is 1.59. The van der Waals surface area contributed by atoms with Crippen LogP contribution >= 0.6 is 0 Å². The molecule has 0 spiro atoms. The van der Waals surface area contributed by atoms with Gasteiger partial charge in [-0.25, -0.2) is 4.79 Å². The molecule has 3 aromatic rings. The topological polar surface area (TPSA) is 133 Å². The van der Waals surface area contributed by atoms with Crippen molar-refractivity contribution >= 4 is 29.9 Å². The second-order valence-electron chi connectivity index (χ2n) is 6.35. The first-order valence-corrected chi connectivity index (χ1v) is 8.75. The molecule has 30 heavy (non-hydrogen) atoms. The number of benzene rings is 1. The lowest BCUT2D eigenvalue weighted by atomic mass is 10.1. The average molecular weight is 405 g/mol. The summed E-state index contributed by atoms with van der Waals surface area (Å²) in [5, 5.41) is 13.0. The molecule has 0 saturated carbocycles. The molecule has 1 aliphatic heterocycles. The highest BCUT2D eigenvalue weighted by molar-refractivity contribution is 6.30. The summed E-state index contributed by atoms with van der Waals surface area (Å²) in [6.07, 6.45) is 2.64. The number of carboxylic acids is 1. The molecule has 0 atom stereocenters. The number of urea groups is 1. The molecule has 150 valence electrons. The van der Waals surface area contributed by atoms with Gasteiger partial charge in [-0.2, -0.15) is 0 Å². The van der Waals surface area contributed by atoms with Crippen molar-refractivity contribution in [3.8, 4) is 11.3 Å². The third-order valence-corrected chi connectivity index (χ3v) is 4.40. The van der Waals surface area contributed by atoms with Crippen LogP contribution in [0, 0.1) is 0 Å². The number of rotatable bonds is 5. The highest BCUT2D eigenvalue weighted by Crippen LogP contribution is 2.25. The lowest BCUT2D eigenvalue weighted by Crippen LogP contribution is -2.53. The molecule has 0 radical (unpaired) electrons. The zero-order valence-corrected chi connectivity index (χ0v) is 15.3. The minimum absolute atomic E-state index is 0.0263. The van der Waals surface area contributed by atoms with Crippen LogP contribution in [0.3, 0.4) is 0 Å². The maximum Gasteiger partial charge on any atom is 0.331 e. The number of hydrogen-bond acceptors (Lipinski definition) is 7. The normalized spacial score (nSPS) is 15.5. The van der Waals surface area contributed by atoms with Crippen LogP contribution in [0.4, 0.5) is 4.79 Å². The van der Waals surface area contributed by atoms with E-state index in [2.05, 4.69) is 5.32 Å². The molecular weight excluding hydrogens is 392 g/mol. The monoisotopic (exact) mass is 405 g/mol. The lowest BCUT2D eigenvalue weighted by molar-refractivity contribution is -0.255. The van der Waals surface area contributed by atoms with Gasteiger partial charge in [0, 0.05) is 5.56 Å². The van der Waals surface area contributed by atoms with Crippen LogP contribution in [0.1, 0.15) is 21.9 Å². The first kappa shape index (κ1) is 18.9. The predicted molar refractivity (Wildman–Crippen MR) is 99.2 cm³/mol. The second kappa shape index (κ2) is 7.55. The molecule has 0 unspecified atom stereocenters. The largest absolute Gasteiger partial charge is 0.545 e. The fourth-order valence-electron chi connectivity index (χ4n) is 2.89. The van der Waals surface area contributed by atoms with Crippen molar-refractivity contribution in [3.05, 3.63) is 77.5 Å². The maximum atomic E-state index is 12.7. The molecule has 3 heterocycles. The van der Waals surface area contributed by atoms with Gasteiger partial charge in [0.25, 0.3) is 11.8 Å². The molecule has 0 aliphatic carbocycles. The molecule has 9 nitrogen and oxygen atoms in total. The van der Waals surface area contributed by atoms with E-state index >= 15 is 0 Å². The number of nitrogens with one attached hydrogen (secondary N) is 1. The van der Waals surface area contributed by atoms with E-state index in [-0.39, 0.29) is 23.4 Å². The van der Waals surface area contributed by atoms with Gasteiger partial charge in [0.2, 0.25) is 0 Å². The Morgan fingerprint density at radius 3 is 2.50 bits per heavy atom. The molecule has 4 rings (SSSR count). The number of barbiturate groups is 1. The van der Waals surface area contributed by atoms with E-state index in [0.29, 0.717) is 17.1 Å². The maximum absolute atomic E-state index is 12.7. The highest BCUT2D eigenvalue weighted by atomic mass is 16.4. The second-order valence-corrected chi connectivity index (χ2v) is 6.35. The fourth-order valence-corrected chi connectivity index (χ4v) is 2.89. The number of imide groups is 2. The third-order valence-electron chi connectivity index (χ3n) is 4.40. The fraction of sp³-hybridized carbons (Fsp3) is 0.0476. The molecule has 4 amide bonds. The summed E-state index contributed by atoms with van der Waals surface area (Å²) in [5.41, 5.74) is 0.353. The number of carbonyl (C=O) groups is 4. The number of furan rings is 2.